The van der Waals surface area contributed by atoms with Crippen molar-refractivity contribution in [1.82, 2.24) is 10.2 Å². The second-order valence-electron chi connectivity index (χ2n) is 6.32. The minimum absolute atomic E-state index is 0.173. The molecule has 2 unspecified atom stereocenters. The van der Waals surface area contributed by atoms with Crippen LogP contribution in [0.5, 0.6) is 11.5 Å². The highest BCUT2D eigenvalue weighted by atomic mass is 32.2. The number of hydrogen-bond acceptors (Lipinski definition) is 6. The Hall–Kier alpha value is -2.22. The summed E-state index contributed by atoms with van der Waals surface area (Å²) >= 11 is 1.03. The fourth-order valence-corrected chi connectivity index (χ4v) is 4.27. The van der Waals surface area contributed by atoms with Crippen LogP contribution in [0.4, 0.5) is 4.79 Å². The molecule has 140 valence electrons. The molecule has 1 N–H and O–H groups in total. The summed E-state index contributed by atoms with van der Waals surface area (Å²) < 4.78 is 10.4. The Morgan fingerprint density at radius 3 is 2.62 bits per heavy atom. The zero-order valence-electron chi connectivity index (χ0n) is 14.8. The first-order chi connectivity index (χ1) is 12.5. The van der Waals surface area contributed by atoms with Gasteiger partial charge in [-0.05, 0) is 25.0 Å². The summed E-state index contributed by atoms with van der Waals surface area (Å²) in [6, 6.07) is 4.45. The van der Waals surface area contributed by atoms with Gasteiger partial charge >= 0.3 is 0 Å². The molecule has 1 heterocycles. The molecule has 26 heavy (non-hydrogen) atoms. The number of amides is 3. The van der Waals surface area contributed by atoms with Gasteiger partial charge in [0.2, 0.25) is 5.91 Å². The summed E-state index contributed by atoms with van der Waals surface area (Å²) in [6.45, 7) is 0. The highest BCUT2D eigenvalue weighted by Gasteiger charge is 2.41. The average molecular weight is 378 g/mol. The van der Waals surface area contributed by atoms with Crippen molar-refractivity contribution in [2.45, 2.75) is 37.8 Å². The van der Waals surface area contributed by atoms with Gasteiger partial charge in [0.25, 0.3) is 11.1 Å². The molecule has 0 spiro atoms. The number of carbonyl (C=O) groups excluding carboxylic acids is 3. The highest BCUT2D eigenvalue weighted by Crippen LogP contribution is 2.31. The van der Waals surface area contributed by atoms with Gasteiger partial charge < -0.3 is 14.8 Å². The third-order valence-electron chi connectivity index (χ3n) is 4.82. The predicted molar refractivity (Wildman–Crippen MR) is 97.8 cm³/mol. The number of carbonyl (C=O) groups is 3. The monoisotopic (exact) mass is 378 g/mol. The lowest BCUT2D eigenvalue weighted by Gasteiger charge is -2.36. The van der Waals surface area contributed by atoms with E-state index in [4.69, 9.17) is 9.47 Å². The molecule has 3 rings (SSSR count). The molecule has 1 aromatic rings. The molecule has 0 radical (unpaired) electrons. The lowest BCUT2D eigenvalue weighted by atomic mass is 9.89. The van der Waals surface area contributed by atoms with Gasteiger partial charge in [0.05, 0.1) is 37.6 Å². The molecule has 0 bridgehead atoms. The van der Waals surface area contributed by atoms with E-state index in [0.29, 0.717) is 23.5 Å². The maximum atomic E-state index is 12.8. The summed E-state index contributed by atoms with van der Waals surface area (Å²) in [7, 11) is 3.04. The maximum Gasteiger partial charge on any atom is 0.289 e. The first-order valence-corrected chi connectivity index (χ1v) is 9.55. The van der Waals surface area contributed by atoms with Crippen LogP contribution in [0.3, 0.4) is 0 Å². The molecule has 0 aromatic heterocycles. The molecule has 2 atom stereocenters. The third kappa shape index (κ3) is 3.65. The van der Waals surface area contributed by atoms with Gasteiger partial charge in [0, 0.05) is 6.07 Å². The lowest BCUT2D eigenvalue weighted by molar-refractivity contribution is -0.127. The fraction of sp³-hybridized carbons (Fsp3) is 0.500. The van der Waals surface area contributed by atoms with E-state index < -0.39 is 0 Å². The molecule has 2 aliphatic rings. The van der Waals surface area contributed by atoms with Gasteiger partial charge in [0.1, 0.15) is 11.5 Å². The second kappa shape index (κ2) is 7.99. The Kier molecular flexibility index (Phi) is 5.70. The number of nitrogens with one attached hydrogen (secondary N) is 1. The van der Waals surface area contributed by atoms with Crippen molar-refractivity contribution < 1.29 is 23.9 Å². The van der Waals surface area contributed by atoms with Gasteiger partial charge in [-0.3, -0.25) is 19.3 Å². The highest BCUT2D eigenvalue weighted by molar-refractivity contribution is 8.14. The van der Waals surface area contributed by atoms with Crippen LogP contribution in [0.2, 0.25) is 0 Å². The number of hydrogen-bond donors (Lipinski definition) is 1. The zero-order valence-corrected chi connectivity index (χ0v) is 15.6. The minimum Gasteiger partial charge on any atom is -0.497 e. The molecule has 1 saturated carbocycles. The van der Waals surface area contributed by atoms with E-state index in [-0.39, 0.29) is 34.9 Å². The van der Waals surface area contributed by atoms with Crippen LogP contribution in [0.1, 0.15) is 36.0 Å². The van der Waals surface area contributed by atoms with Crippen molar-refractivity contribution in [3.05, 3.63) is 23.8 Å². The Bertz CT molecular complexity index is 708. The average Bonchev–Trinajstić information content (AvgIpc) is 2.99. The molecule has 1 aromatic carbocycles. The summed E-state index contributed by atoms with van der Waals surface area (Å²) in [4.78, 5) is 38.3. The van der Waals surface area contributed by atoms with Gasteiger partial charge in [-0.25, -0.2) is 0 Å². The Labute approximate surface area is 156 Å². The topological polar surface area (TPSA) is 84.9 Å². The van der Waals surface area contributed by atoms with E-state index >= 15 is 0 Å². The first kappa shape index (κ1) is 18.6. The van der Waals surface area contributed by atoms with Crippen LogP contribution in [0.15, 0.2) is 18.2 Å². The Morgan fingerprint density at radius 1 is 1.19 bits per heavy atom. The molecule has 3 amide bonds. The van der Waals surface area contributed by atoms with Crippen LogP contribution >= 0.6 is 11.8 Å². The summed E-state index contributed by atoms with van der Waals surface area (Å²) in [5.74, 6) is 0.737. The van der Waals surface area contributed by atoms with Crippen LogP contribution in [-0.4, -0.2) is 54.0 Å². The molecule has 1 saturated heterocycles. The minimum atomic E-state index is -0.285. The molecular weight excluding hydrogens is 356 g/mol. The van der Waals surface area contributed by atoms with E-state index in [9.17, 15) is 14.4 Å². The number of rotatable bonds is 5. The van der Waals surface area contributed by atoms with Crippen molar-refractivity contribution in [3.63, 3.8) is 0 Å². The molecular formula is C18H22N2O5S. The molecule has 1 aliphatic heterocycles. The van der Waals surface area contributed by atoms with E-state index in [1.165, 1.54) is 12.0 Å². The predicted octanol–water partition coefficient (Wildman–Crippen LogP) is 2.44. The maximum absolute atomic E-state index is 12.8. The van der Waals surface area contributed by atoms with Crippen molar-refractivity contribution in [1.29, 1.82) is 0 Å². The van der Waals surface area contributed by atoms with Gasteiger partial charge in [0.15, 0.2) is 0 Å². The molecule has 2 fully saturated rings. The van der Waals surface area contributed by atoms with Crippen molar-refractivity contribution in [2.24, 2.45) is 0 Å². The van der Waals surface area contributed by atoms with Gasteiger partial charge in [-0.2, -0.15) is 0 Å². The number of nitrogens with zero attached hydrogens (tertiary/aromatic N) is 1. The normalized spacial score (nSPS) is 23.1. The molecule has 8 heteroatoms. The van der Waals surface area contributed by atoms with Crippen molar-refractivity contribution >= 4 is 28.8 Å². The number of thioether (sulfide) groups is 1. The number of ether oxygens (including phenoxy) is 2. The Morgan fingerprint density at radius 2 is 1.96 bits per heavy atom. The van der Waals surface area contributed by atoms with Gasteiger partial charge in [-0.15, -0.1) is 0 Å². The van der Waals surface area contributed by atoms with Crippen LogP contribution in [0.25, 0.3) is 0 Å². The van der Waals surface area contributed by atoms with E-state index in [1.807, 2.05) is 0 Å². The Balaban J connectivity index is 1.78. The summed E-state index contributed by atoms with van der Waals surface area (Å²) in [5, 5.41) is 2.78. The van der Waals surface area contributed by atoms with Crippen LogP contribution in [-0.2, 0) is 4.79 Å². The standard InChI is InChI=1S/C18H22N2O5S/c1-24-11-7-8-12(15(9-11)25-2)17(22)19-13-5-3-4-6-14(13)20-16(21)10-26-18(20)23/h7-9,13-14H,3-6,10H2,1-2H3,(H,19,22). The van der Waals surface area contributed by atoms with Crippen molar-refractivity contribution in [3.8, 4) is 11.5 Å². The summed E-state index contributed by atoms with van der Waals surface area (Å²) in [5.41, 5.74) is 0.395. The lowest BCUT2D eigenvalue weighted by Crippen LogP contribution is -2.54. The van der Waals surface area contributed by atoms with E-state index in [1.54, 1.807) is 25.3 Å². The summed E-state index contributed by atoms with van der Waals surface area (Å²) in [6.07, 6.45) is 3.33. The number of imide groups is 1. The van der Waals surface area contributed by atoms with E-state index in [2.05, 4.69) is 5.32 Å². The van der Waals surface area contributed by atoms with Gasteiger partial charge in [-0.1, -0.05) is 24.6 Å². The van der Waals surface area contributed by atoms with Crippen molar-refractivity contribution in [2.75, 3.05) is 20.0 Å². The first-order valence-electron chi connectivity index (χ1n) is 8.57. The number of methoxy groups -OCH3 is 2. The number of benzene rings is 1. The quantitative estimate of drug-likeness (QED) is 0.847. The third-order valence-corrected chi connectivity index (χ3v) is 5.65. The molecule has 7 nitrogen and oxygen atoms in total. The van der Waals surface area contributed by atoms with Crippen LogP contribution in [0, 0.1) is 0 Å². The zero-order chi connectivity index (χ0) is 18.7. The fourth-order valence-electron chi connectivity index (χ4n) is 3.51. The second-order valence-corrected chi connectivity index (χ2v) is 7.24. The van der Waals surface area contributed by atoms with E-state index in [0.717, 1.165) is 31.0 Å². The smallest absolute Gasteiger partial charge is 0.289 e. The molecule has 1 aliphatic carbocycles. The van der Waals surface area contributed by atoms with Crippen LogP contribution < -0.4 is 14.8 Å². The SMILES string of the molecule is COc1ccc(C(=O)NC2CCCCC2N2C(=O)CSC2=O)c(OC)c1. The largest absolute Gasteiger partial charge is 0.497 e.